The number of phenols is 1. The minimum Gasteiger partial charge on any atom is -0.508 e. The van der Waals surface area contributed by atoms with Crippen LogP contribution in [-0.2, 0) is 15.6 Å². The first-order valence-electron chi connectivity index (χ1n) is 17.0. The Labute approximate surface area is 244 Å². The third-order valence-corrected chi connectivity index (χ3v) is 13.3. The largest absolute Gasteiger partial charge is 0.508 e. The molecule has 0 spiro atoms. The number of benzene rings is 1. The molecule has 0 bridgehead atoms. The van der Waals surface area contributed by atoms with Crippen LogP contribution in [0, 0.1) is 0 Å². The van der Waals surface area contributed by atoms with Crippen molar-refractivity contribution in [1.82, 2.24) is 0 Å². The third-order valence-electron chi connectivity index (χ3n) is 8.25. The Morgan fingerprint density at radius 1 is 0.692 bits per heavy atom. The molecule has 4 heteroatoms. The summed E-state index contributed by atoms with van der Waals surface area (Å²) < 4.78 is 7.09. The number of aryl methyl sites for hydroxylation is 1. The van der Waals surface area contributed by atoms with Crippen molar-refractivity contribution in [3.63, 3.8) is 0 Å². The van der Waals surface area contributed by atoms with E-state index in [0.717, 1.165) is 18.4 Å². The zero-order chi connectivity index (χ0) is 28.6. The molecule has 0 saturated carbocycles. The molecule has 1 rings (SSSR count). The van der Waals surface area contributed by atoms with Crippen LogP contribution in [0.25, 0.3) is 0 Å². The first-order chi connectivity index (χ1) is 19.0. The predicted molar refractivity (Wildman–Crippen MR) is 172 cm³/mol. The van der Waals surface area contributed by atoms with Gasteiger partial charge in [-0.1, -0.05) is 143 Å². The summed E-state index contributed by atoms with van der Waals surface area (Å²) in [6, 6.07) is 10.9. The van der Waals surface area contributed by atoms with Crippen molar-refractivity contribution in [1.29, 1.82) is 0 Å². The number of carbonyl (C=O) groups is 1. The average Bonchev–Trinajstić information content (AvgIpc) is 2.91. The number of ketones is 1. The summed E-state index contributed by atoms with van der Waals surface area (Å²) in [5.74, 6) is 0.607. The molecule has 0 aliphatic heterocycles. The molecule has 0 aliphatic rings. The van der Waals surface area contributed by atoms with E-state index in [1.165, 1.54) is 121 Å². The lowest BCUT2D eigenvalue weighted by atomic mass is 10.00. The van der Waals surface area contributed by atoms with Crippen molar-refractivity contribution in [2.45, 2.75) is 180 Å². The van der Waals surface area contributed by atoms with Gasteiger partial charge in [-0.3, -0.25) is 4.79 Å². The van der Waals surface area contributed by atoms with Crippen molar-refractivity contribution >= 4 is 14.1 Å². The van der Waals surface area contributed by atoms with E-state index < -0.39 is 8.32 Å². The summed E-state index contributed by atoms with van der Waals surface area (Å²) in [5.41, 5.74) is 1.11. The molecule has 0 radical (unpaired) electrons. The molecule has 39 heavy (non-hydrogen) atoms. The zero-order valence-electron chi connectivity index (χ0n) is 26.4. The zero-order valence-corrected chi connectivity index (χ0v) is 27.4. The number of hydrogen-bond acceptors (Lipinski definition) is 3. The fourth-order valence-electron chi connectivity index (χ4n) is 6.17. The number of hydrogen-bond donors (Lipinski definition) is 1. The van der Waals surface area contributed by atoms with Gasteiger partial charge in [0.15, 0.2) is 8.32 Å². The highest BCUT2D eigenvalue weighted by molar-refractivity contribution is 6.73. The van der Waals surface area contributed by atoms with Gasteiger partial charge in [-0.15, -0.1) is 0 Å². The number of rotatable bonds is 27. The molecule has 0 aliphatic carbocycles. The van der Waals surface area contributed by atoms with Crippen molar-refractivity contribution in [3.8, 4) is 5.75 Å². The third kappa shape index (κ3) is 18.0. The minimum absolute atomic E-state index is 0.0985. The van der Waals surface area contributed by atoms with Gasteiger partial charge in [0, 0.05) is 12.8 Å². The number of Topliss-reactive ketones (excluding diaryl/α,β-unsaturated/α-hetero) is 1. The number of aromatic hydroxyl groups is 1. The number of unbranched alkanes of at least 4 members (excludes halogenated alkanes) is 12. The van der Waals surface area contributed by atoms with E-state index in [-0.39, 0.29) is 11.9 Å². The molecular weight excluding hydrogens is 496 g/mol. The molecule has 1 aromatic carbocycles. The van der Waals surface area contributed by atoms with Crippen molar-refractivity contribution in [2.75, 3.05) is 0 Å². The molecule has 1 aromatic rings. The van der Waals surface area contributed by atoms with Crippen LogP contribution in [0.2, 0.25) is 18.1 Å². The lowest BCUT2D eigenvalue weighted by molar-refractivity contribution is -0.120. The van der Waals surface area contributed by atoms with Crippen LogP contribution in [0.4, 0.5) is 0 Å². The molecule has 1 N–H and O–H groups in total. The Kier molecular flexibility index (Phi) is 21.7. The number of carbonyl (C=O) groups excluding carboxylic acids is 1. The van der Waals surface area contributed by atoms with Crippen LogP contribution >= 0.6 is 0 Å². The van der Waals surface area contributed by atoms with E-state index in [1.807, 2.05) is 12.1 Å². The van der Waals surface area contributed by atoms with Crippen LogP contribution in [-0.4, -0.2) is 25.3 Å². The molecule has 0 amide bonds. The monoisotopic (exact) mass is 560 g/mol. The highest BCUT2D eigenvalue weighted by Crippen LogP contribution is 2.31. The van der Waals surface area contributed by atoms with Crippen molar-refractivity contribution < 1.29 is 14.3 Å². The standard InChI is InChI=1S/C35H64O3Si/c1-5-9-10-11-12-13-14-15-16-17-18-19-20-21-35(38-39(28-6-2,29-7-3)30-8-4)31-34(37)27-24-32-22-25-33(36)26-23-32/h22-23,25-26,35-36H,5-21,24,27-31H2,1-4H3/t35-/m0/s1. The van der Waals surface area contributed by atoms with Gasteiger partial charge < -0.3 is 9.53 Å². The maximum Gasteiger partial charge on any atom is 0.193 e. The second kappa shape index (κ2) is 23.6. The van der Waals surface area contributed by atoms with Crippen LogP contribution in [0.3, 0.4) is 0 Å². The maximum atomic E-state index is 13.1. The first-order valence-corrected chi connectivity index (χ1v) is 19.5. The van der Waals surface area contributed by atoms with Gasteiger partial charge in [0.05, 0.1) is 6.10 Å². The molecule has 0 heterocycles. The lowest BCUT2D eigenvalue weighted by Crippen LogP contribution is -2.42. The molecule has 0 fully saturated rings. The van der Waals surface area contributed by atoms with Gasteiger partial charge in [-0.25, -0.2) is 0 Å². The Hall–Kier alpha value is -1.13. The fraction of sp³-hybridized carbons (Fsp3) is 0.800. The van der Waals surface area contributed by atoms with E-state index in [4.69, 9.17) is 4.43 Å². The summed E-state index contributed by atoms with van der Waals surface area (Å²) in [5, 5.41) is 9.53. The Balaban J connectivity index is 2.50. The lowest BCUT2D eigenvalue weighted by Gasteiger charge is -2.35. The smallest absolute Gasteiger partial charge is 0.193 e. The van der Waals surface area contributed by atoms with Gasteiger partial charge in [0.25, 0.3) is 0 Å². The highest BCUT2D eigenvalue weighted by atomic mass is 28.4. The SMILES string of the molecule is CCCCCCCCCCCCCCC[C@@H](CC(=O)CCc1ccc(O)cc1)O[Si](CCC)(CCC)CCC. The highest BCUT2D eigenvalue weighted by Gasteiger charge is 2.35. The maximum absolute atomic E-state index is 13.1. The van der Waals surface area contributed by atoms with Crippen LogP contribution in [0.15, 0.2) is 24.3 Å². The van der Waals surface area contributed by atoms with E-state index >= 15 is 0 Å². The van der Waals surface area contributed by atoms with Crippen molar-refractivity contribution in [2.24, 2.45) is 0 Å². The molecule has 0 unspecified atom stereocenters. The first kappa shape index (κ1) is 35.9. The molecule has 0 aromatic heterocycles. The Bertz CT molecular complexity index is 685. The van der Waals surface area contributed by atoms with Gasteiger partial charge >= 0.3 is 0 Å². The molecular formula is C35H64O3Si. The van der Waals surface area contributed by atoms with E-state index in [9.17, 15) is 9.90 Å². The van der Waals surface area contributed by atoms with Gasteiger partial charge in [0.2, 0.25) is 0 Å². The van der Waals surface area contributed by atoms with Gasteiger partial charge in [-0.05, 0) is 48.7 Å². The fourth-order valence-corrected chi connectivity index (χ4v) is 10.9. The average molecular weight is 561 g/mol. The molecule has 1 atom stereocenters. The molecule has 226 valence electrons. The Morgan fingerprint density at radius 2 is 1.15 bits per heavy atom. The summed E-state index contributed by atoms with van der Waals surface area (Å²) in [6.07, 6.45) is 24.3. The molecule has 0 saturated heterocycles. The van der Waals surface area contributed by atoms with Gasteiger partial charge in [-0.2, -0.15) is 0 Å². The summed E-state index contributed by atoms with van der Waals surface area (Å²) >= 11 is 0. The second-order valence-corrected chi connectivity index (χ2v) is 16.2. The van der Waals surface area contributed by atoms with Gasteiger partial charge in [0.1, 0.15) is 11.5 Å². The normalized spacial score (nSPS) is 12.6. The summed E-state index contributed by atoms with van der Waals surface area (Å²) in [6.45, 7) is 9.16. The topological polar surface area (TPSA) is 46.5 Å². The van der Waals surface area contributed by atoms with E-state index in [0.29, 0.717) is 18.6 Å². The van der Waals surface area contributed by atoms with Crippen LogP contribution < -0.4 is 0 Å². The number of phenolic OH excluding ortho intramolecular Hbond substituents is 1. The minimum atomic E-state index is -1.80. The Morgan fingerprint density at radius 3 is 1.62 bits per heavy atom. The predicted octanol–water partition coefficient (Wildman–Crippen LogP) is 11.3. The van der Waals surface area contributed by atoms with Crippen molar-refractivity contribution in [3.05, 3.63) is 29.8 Å². The van der Waals surface area contributed by atoms with Crippen LogP contribution in [0.5, 0.6) is 5.75 Å². The summed E-state index contributed by atoms with van der Waals surface area (Å²) in [4.78, 5) is 13.1. The van der Waals surface area contributed by atoms with E-state index in [1.54, 1.807) is 12.1 Å². The van der Waals surface area contributed by atoms with Crippen LogP contribution in [0.1, 0.15) is 155 Å². The van der Waals surface area contributed by atoms with E-state index in [2.05, 4.69) is 27.7 Å². The second-order valence-electron chi connectivity index (χ2n) is 12.1. The summed E-state index contributed by atoms with van der Waals surface area (Å²) in [7, 11) is -1.80. The molecule has 3 nitrogen and oxygen atoms in total. The quantitative estimate of drug-likeness (QED) is 0.0859.